The molecule has 1 atom stereocenters. The second kappa shape index (κ2) is 5.60. The van der Waals surface area contributed by atoms with E-state index in [1.54, 1.807) is 11.8 Å². The number of hydrogen-bond acceptors (Lipinski definition) is 3. The standard InChI is InChI=1S/C14H25N3O3/c1-11(2)15-6-8-16(9-7-15)13(20)17-5-4-14(3,10-17)12(18)19/h11H,4-10H2,1-3H3,(H,18,19). The van der Waals surface area contributed by atoms with E-state index < -0.39 is 11.4 Å². The van der Waals surface area contributed by atoms with E-state index in [-0.39, 0.29) is 6.03 Å². The van der Waals surface area contributed by atoms with Crippen molar-refractivity contribution in [2.45, 2.75) is 33.2 Å². The first-order valence-corrected chi connectivity index (χ1v) is 7.35. The van der Waals surface area contributed by atoms with Gasteiger partial charge in [0.25, 0.3) is 0 Å². The quantitative estimate of drug-likeness (QED) is 0.819. The molecule has 6 nitrogen and oxygen atoms in total. The Hall–Kier alpha value is -1.30. The van der Waals surface area contributed by atoms with Crippen LogP contribution in [0, 0.1) is 5.41 Å². The lowest BCUT2D eigenvalue weighted by molar-refractivity contribution is -0.147. The smallest absolute Gasteiger partial charge is 0.320 e. The number of carboxylic acids is 1. The van der Waals surface area contributed by atoms with Crippen molar-refractivity contribution in [2.24, 2.45) is 5.41 Å². The van der Waals surface area contributed by atoms with Crippen molar-refractivity contribution in [1.82, 2.24) is 14.7 Å². The van der Waals surface area contributed by atoms with E-state index in [1.807, 2.05) is 4.90 Å². The average Bonchev–Trinajstić information content (AvgIpc) is 2.82. The lowest BCUT2D eigenvalue weighted by atomic mass is 9.90. The van der Waals surface area contributed by atoms with E-state index in [0.717, 1.165) is 26.2 Å². The third kappa shape index (κ3) is 2.90. The largest absolute Gasteiger partial charge is 0.481 e. The summed E-state index contributed by atoms with van der Waals surface area (Å²) in [6.45, 7) is 10.2. The second-order valence-corrected chi connectivity index (χ2v) is 6.44. The third-order valence-corrected chi connectivity index (χ3v) is 4.58. The molecule has 1 N–H and O–H groups in total. The van der Waals surface area contributed by atoms with Crippen LogP contribution in [-0.2, 0) is 4.79 Å². The van der Waals surface area contributed by atoms with Gasteiger partial charge < -0.3 is 14.9 Å². The molecule has 114 valence electrons. The summed E-state index contributed by atoms with van der Waals surface area (Å²) < 4.78 is 0. The van der Waals surface area contributed by atoms with Crippen LogP contribution in [-0.4, -0.2) is 77.1 Å². The minimum atomic E-state index is -0.808. The van der Waals surface area contributed by atoms with Gasteiger partial charge in [-0.25, -0.2) is 4.79 Å². The Balaban J connectivity index is 1.89. The third-order valence-electron chi connectivity index (χ3n) is 4.58. The van der Waals surface area contributed by atoms with Gasteiger partial charge in [0, 0.05) is 45.3 Å². The highest BCUT2D eigenvalue weighted by Gasteiger charge is 2.43. The van der Waals surface area contributed by atoms with Gasteiger partial charge in [-0.15, -0.1) is 0 Å². The van der Waals surface area contributed by atoms with Gasteiger partial charge in [0.1, 0.15) is 0 Å². The molecular weight excluding hydrogens is 258 g/mol. The molecule has 2 aliphatic heterocycles. The van der Waals surface area contributed by atoms with Crippen molar-refractivity contribution in [3.8, 4) is 0 Å². The first kappa shape index (κ1) is 15.1. The highest BCUT2D eigenvalue weighted by Crippen LogP contribution is 2.30. The molecule has 2 amide bonds. The zero-order chi connectivity index (χ0) is 14.9. The minimum Gasteiger partial charge on any atom is -0.481 e. The summed E-state index contributed by atoms with van der Waals surface area (Å²) in [5.74, 6) is -0.808. The molecule has 1 unspecified atom stereocenters. The van der Waals surface area contributed by atoms with E-state index in [1.165, 1.54) is 0 Å². The molecular formula is C14H25N3O3. The first-order chi connectivity index (χ1) is 9.33. The first-order valence-electron chi connectivity index (χ1n) is 7.35. The molecule has 2 aliphatic rings. The normalized spacial score (nSPS) is 28.2. The van der Waals surface area contributed by atoms with Crippen LogP contribution in [0.2, 0.25) is 0 Å². The van der Waals surface area contributed by atoms with Crippen molar-refractivity contribution >= 4 is 12.0 Å². The lowest BCUT2D eigenvalue weighted by Crippen LogP contribution is -2.54. The number of aliphatic carboxylic acids is 1. The highest BCUT2D eigenvalue weighted by atomic mass is 16.4. The fourth-order valence-electron chi connectivity index (χ4n) is 2.93. The number of urea groups is 1. The van der Waals surface area contributed by atoms with Crippen LogP contribution in [0.5, 0.6) is 0 Å². The Morgan fingerprint density at radius 1 is 1.05 bits per heavy atom. The second-order valence-electron chi connectivity index (χ2n) is 6.44. The van der Waals surface area contributed by atoms with Crippen molar-refractivity contribution in [1.29, 1.82) is 0 Å². The average molecular weight is 283 g/mol. The number of carboxylic acid groups (broad SMARTS) is 1. The van der Waals surface area contributed by atoms with E-state index >= 15 is 0 Å². The zero-order valence-electron chi connectivity index (χ0n) is 12.6. The van der Waals surface area contributed by atoms with Crippen molar-refractivity contribution in [3.63, 3.8) is 0 Å². The van der Waals surface area contributed by atoms with Gasteiger partial charge in [-0.1, -0.05) is 0 Å². The van der Waals surface area contributed by atoms with E-state index in [9.17, 15) is 14.7 Å². The van der Waals surface area contributed by atoms with Crippen LogP contribution in [0.4, 0.5) is 4.79 Å². The molecule has 2 rings (SSSR count). The molecule has 0 spiro atoms. The summed E-state index contributed by atoms with van der Waals surface area (Å²) in [5, 5.41) is 9.22. The van der Waals surface area contributed by atoms with Gasteiger partial charge >= 0.3 is 12.0 Å². The monoisotopic (exact) mass is 283 g/mol. The number of rotatable bonds is 2. The SMILES string of the molecule is CC(C)N1CCN(C(=O)N2CCC(C)(C(=O)O)C2)CC1. The van der Waals surface area contributed by atoms with Gasteiger partial charge in [0.2, 0.25) is 0 Å². The van der Waals surface area contributed by atoms with Gasteiger partial charge in [-0.05, 0) is 27.2 Å². The fourth-order valence-corrected chi connectivity index (χ4v) is 2.93. The number of piperazine rings is 1. The Labute approximate surface area is 120 Å². The predicted octanol–water partition coefficient (Wildman–Crippen LogP) is 0.929. The maximum Gasteiger partial charge on any atom is 0.320 e. The van der Waals surface area contributed by atoms with Crippen molar-refractivity contribution in [3.05, 3.63) is 0 Å². The molecule has 2 heterocycles. The maximum absolute atomic E-state index is 12.4. The molecule has 2 saturated heterocycles. The number of hydrogen-bond donors (Lipinski definition) is 1. The molecule has 0 aromatic carbocycles. The van der Waals surface area contributed by atoms with Crippen LogP contribution in [0.3, 0.4) is 0 Å². The van der Waals surface area contributed by atoms with Crippen LogP contribution >= 0.6 is 0 Å². The lowest BCUT2D eigenvalue weighted by Gasteiger charge is -2.38. The van der Waals surface area contributed by atoms with Gasteiger partial charge in [0.15, 0.2) is 0 Å². The number of nitrogens with zero attached hydrogens (tertiary/aromatic N) is 3. The Morgan fingerprint density at radius 3 is 2.10 bits per heavy atom. The van der Waals surface area contributed by atoms with Gasteiger partial charge in [-0.3, -0.25) is 9.69 Å². The Kier molecular flexibility index (Phi) is 4.22. The number of likely N-dealkylation sites (tertiary alicyclic amines) is 1. The molecule has 2 fully saturated rings. The van der Waals surface area contributed by atoms with Crippen molar-refractivity contribution < 1.29 is 14.7 Å². The Morgan fingerprint density at radius 2 is 1.65 bits per heavy atom. The highest BCUT2D eigenvalue weighted by molar-refractivity contribution is 5.79. The van der Waals surface area contributed by atoms with Gasteiger partial charge in [0.05, 0.1) is 5.41 Å². The zero-order valence-corrected chi connectivity index (χ0v) is 12.6. The van der Waals surface area contributed by atoms with Crippen LogP contribution in [0.15, 0.2) is 0 Å². The summed E-state index contributed by atoms with van der Waals surface area (Å²) in [7, 11) is 0. The fraction of sp³-hybridized carbons (Fsp3) is 0.857. The van der Waals surface area contributed by atoms with Gasteiger partial charge in [-0.2, -0.15) is 0 Å². The van der Waals surface area contributed by atoms with Crippen LogP contribution in [0.25, 0.3) is 0 Å². The molecule has 0 aliphatic carbocycles. The van der Waals surface area contributed by atoms with Crippen LogP contribution in [0.1, 0.15) is 27.2 Å². The molecule has 0 radical (unpaired) electrons. The van der Waals surface area contributed by atoms with E-state index in [0.29, 0.717) is 25.6 Å². The Bertz CT molecular complexity index is 391. The molecule has 0 aromatic rings. The van der Waals surface area contributed by atoms with Crippen molar-refractivity contribution in [2.75, 3.05) is 39.3 Å². The molecule has 0 bridgehead atoms. The topological polar surface area (TPSA) is 64.1 Å². The predicted molar refractivity (Wildman–Crippen MR) is 75.6 cm³/mol. The summed E-state index contributed by atoms with van der Waals surface area (Å²) in [6.07, 6.45) is 0.542. The molecule has 20 heavy (non-hydrogen) atoms. The maximum atomic E-state index is 12.4. The summed E-state index contributed by atoms with van der Waals surface area (Å²) in [5.41, 5.74) is -0.782. The molecule has 0 saturated carbocycles. The van der Waals surface area contributed by atoms with E-state index in [4.69, 9.17) is 0 Å². The van der Waals surface area contributed by atoms with E-state index in [2.05, 4.69) is 18.7 Å². The van der Waals surface area contributed by atoms with Crippen LogP contribution < -0.4 is 0 Å². The molecule has 0 aromatic heterocycles. The minimum absolute atomic E-state index is 0.00150. The summed E-state index contributed by atoms with van der Waals surface area (Å²) in [6, 6.07) is 0.507. The summed E-state index contributed by atoms with van der Waals surface area (Å²) in [4.78, 5) is 29.6. The summed E-state index contributed by atoms with van der Waals surface area (Å²) >= 11 is 0. The molecule has 6 heteroatoms. The number of carbonyl (C=O) groups excluding carboxylic acids is 1. The number of amides is 2. The number of carbonyl (C=O) groups is 2.